The van der Waals surface area contributed by atoms with E-state index >= 15 is 0 Å². The summed E-state index contributed by atoms with van der Waals surface area (Å²) in [6.45, 7) is 15.0. The fraction of sp³-hybridized carbons (Fsp3) is 0.667. The molecule has 0 heterocycles. The van der Waals surface area contributed by atoms with Gasteiger partial charge in [-0.1, -0.05) is 58.0 Å². The zero-order chi connectivity index (χ0) is 15.0. The lowest BCUT2D eigenvalue weighted by Gasteiger charge is -2.36. The molecule has 1 aromatic rings. The van der Waals surface area contributed by atoms with Crippen LogP contribution in [0.1, 0.15) is 45.6 Å². The number of hydrogen-bond donors (Lipinski definition) is 0. The van der Waals surface area contributed by atoms with Crippen LogP contribution in [0.3, 0.4) is 0 Å². The summed E-state index contributed by atoms with van der Waals surface area (Å²) in [6, 6.07) is 10.9. The van der Waals surface area contributed by atoms with E-state index in [1.54, 1.807) is 0 Å². The van der Waals surface area contributed by atoms with Crippen molar-refractivity contribution in [2.75, 3.05) is 6.61 Å². The second kappa shape index (κ2) is 5.65. The highest BCUT2D eigenvalue weighted by Gasteiger charge is 2.44. The van der Waals surface area contributed by atoms with E-state index in [-0.39, 0.29) is 0 Å². The number of benzene rings is 1. The van der Waals surface area contributed by atoms with E-state index in [0.29, 0.717) is 11.0 Å². The summed E-state index contributed by atoms with van der Waals surface area (Å²) in [7, 11) is -1.57. The van der Waals surface area contributed by atoms with Crippen LogP contribution in [0, 0.1) is 11.8 Å². The predicted molar refractivity (Wildman–Crippen MR) is 89.6 cm³/mol. The zero-order valence-electron chi connectivity index (χ0n) is 13.9. The third kappa shape index (κ3) is 3.53. The first kappa shape index (κ1) is 15.8. The highest BCUT2D eigenvalue weighted by atomic mass is 28.4. The van der Waals surface area contributed by atoms with Gasteiger partial charge in [0, 0.05) is 6.61 Å². The lowest BCUT2D eigenvalue weighted by atomic mass is 9.95. The van der Waals surface area contributed by atoms with Crippen molar-refractivity contribution in [2.24, 2.45) is 11.8 Å². The second-order valence-electron chi connectivity index (χ2n) is 7.93. The SMILES string of the molecule is C[C@@H](c1ccccc1)[C@@H]1C[C@@H]1CO[Si](C)(C)C(C)(C)C. The van der Waals surface area contributed by atoms with Gasteiger partial charge in [-0.15, -0.1) is 0 Å². The molecule has 1 aromatic carbocycles. The highest BCUT2D eigenvalue weighted by Crippen LogP contribution is 2.49. The van der Waals surface area contributed by atoms with E-state index in [1.165, 1.54) is 12.0 Å². The van der Waals surface area contributed by atoms with Crippen molar-refractivity contribution < 1.29 is 4.43 Å². The quantitative estimate of drug-likeness (QED) is 0.655. The first-order chi connectivity index (χ1) is 9.22. The van der Waals surface area contributed by atoms with Crippen LogP contribution in [0.25, 0.3) is 0 Å². The molecule has 0 N–H and O–H groups in total. The third-order valence-corrected chi connectivity index (χ3v) is 9.91. The Morgan fingerprint density at radius 3 is 2.35 bits per heavy atom. The molecule has 0 spiro atoms. The Labute approximate surface area is 125 Å². The van der Waals surface area contributed by atoms with Crippen molar-refractivity contribution in [1.29, 1.82) is 0 Å². The normalized spacial score (nSPS) is 24.5. The molecule has 0 amide bonds. The number of hydrogen-bond acceptors (Lipinski definition) is 1. The molecular formula is C18H30OSi. The van der Waals surface area contributed by atoms with Crippen molar-refractivity contribution in [3.8, 4) is 0 Å². The van der Waals surface area contributed by atoms with E-state index in [1.807, 2.05) is 0 Å². The van der Waals surface area contributed by atoms with Crippen molar-refractivity contribution >= 4 is 8.32 Å². The van der Waals surface area contributed by atoms with Crippen LogP contribution in [0.15, 0.2) is 30.3 Å². The average Bonchev–Trinajstić information content (AvgIpc) is 3.15. The molecule has 1 nitrogen and oxygen atoms in total. The molecule has 2 rings (SSSR count). The van der Waals surface area contributed by atoms with E-state index in [2.05, 4.69) is 71.1 Å². The van der Waals surface area contributed by atoms with Crippen molar-refractivity contribution in [1.82, 2.24) is 0 Å². The first-order valence-corrected chi connectivity index (χ1v) is 10.8. The van der Waals surface area contributed by atoms with Gasteiger partial charge in [-0.25, -0.2) is 0 Å². The van der Waals surface area contributed by atoms with Gasteiger partial charge in [0.1, 0.15) is 0 Å². The molecule has 20 heavy (non-hydrogen) atoms. The van der Waals surface area contributed by atoms with E-state index in [9.17, 15) is 0 Å². The van der Waals surface area contributed by atoms with Gasteiger partial charge in [-0.3, -0.25) is 0 Å². The molecule has 0 radical (unpaired) electrons. The smallest absolute Gasteiger partial charge is 0.191 e. The molecule has 0 bridgehead atoms. The lowest BCUT2D eigenvalue weighted by molar-refractivity contribution is 0.262. The summed E-state index contributed by atoms with van der Waals surface area (Å²) < 4.78 is 6.37. The highest BCUT2D eigenvalue weighted by molar-refractivity contribution is 6.74. The van der Waals surface area contributed by atoms with Gasteiger partial charge in [-0.2, -0.15) is 0 Å². The minimum Gasteiger partial charge on any atom is -0.417 e. The largest absolute Gasteiger partial charge is 0.417 e. The van der Waals surface area contributed by atoms with Gasteiger partial charge < -0.3 is 4.43 Å². The van der Waals surface area contributed by atoms with Crippen LogP contribution in [-0.4, -0.2) is 14.9 Å². The molecule has 1 aliphatic rings. The Morgan fingerprint density at radius 2 is 1.80 bits per heavy atom. The maximum absolute atomic E-state index is 6.37. The fourth-order valence-electron chi connectivity index (χ4n) is 2.61. The van der Waals surface area contributed by atoms with Gasteiger partial charge in [0.05, 0.1) is 0 Å². The summed E-state index contributed by atoms with van der Waals surface area (Å²) in [5, 5.41) is 0.322. The summed E-state index contributed by atoms with van der Waals surface area (Å²) in [4.78, 5) is 0. The van der Waals surface area contributed by atoms with Crippen LogP contribution >= 0.6 is 0 Å². The van der Waals surface area contributed by atoms with Gasteiger partial charge >= 0.3 is 0 Å². The molecule has 0 saturated heterocycles. The van der Waals surface area contributed by atoms with Gasteiger partial charge in [0.25, 0.3) is 0 Å². The molecule has 0 aliphatic heterocycles. The molecule has 3 atom stereocenters. The molecule has 2 heteroatoms. The van der Waals surface area contributed by atoms with E-state index in [0.717, 1.165) is 18.4 Å². The Balaban J connectivity index is 1.84. The Kier molecular flexibility index (Phi) is 4.46. The van der Waals surface area contributed by atoms with E-state index in [4.69, 9.17) is 4.43 Å². The second-order valence-corrected chi connectivity index (χ2v) is 12.7. The van der Waals surface area contributed by atoms with Crippen molar-refractivity contribution in [2.45, 2.75) is 58.2 Å². The predicted octanol–water partition coefficient (Wildman–Crippen LogP) is 5.45. The summed E-state index contributed by atoms with van der Waals surface area (Å²) in [6.07, 6.45) is 1.34. The standard InChI is InChI=1S/C18H30OSi/c1-14(15-10-8-7-9-11-15)17-12-16(17)13-19-20(5,6)18(2,3)4/h7-11,14,16-17H,12-13H2,1-6H3/t14-,16+,17-/m0/s1. The Bertz CT molecular complexity index is 432. The summed E-state index contributed by atoms with van der Waals surface area (Å²) >= 11 is 0. The monoisotopic (exact) mass is 290 g/mol. The average molecular weight is 291 g/mol. The molecule has 1 fully saturated rings. The number of rotatable bonds is 5. The van der Waals surface area contributed by atoms with Crippen LogP contribution < -0.4 is 0 Å². The minimum absolute atomic E-state index is 0.322. The minimum atomic E-state index is -1.57. The molecule has 1 saturated carbocycles. The maximum atomic E-state index is 6.37. The zero-order valence-corrected chi connectivity index (χ0v) is 14.9. The third-order valence-electron chi connectivity index (χ3n) is 5.41. The fourth-order valence-corrected chi connectivity index (χ4v) is 3.67. The molecule has 112 valence electrons. The topological polar surface area (TPSA) is 9.23 Å². The van der Waals surface area contributed by atoms with Crippen LogP contribution in [0.2, 0.25) is 18.1 Å². The summed E-state index contributed by atoms with van der Waals surface area (Å²) in [5.74, 6) is 2.27. The van der Waals surface area contributed by atoms with Gasteiger partial charge in [0.2, 0.25) is 0 Å². The summed E-state index contributed by atoms with van der Waals surface area (Å²) in [5.41, 5.74) is 1.48. The van der Waals surface area contributed by atoms with Crippen molar-refractivity contribution in [3.05, 3.63) is 35.9 Å². The van der Waals surface area contributed by atoms with E-state index < -0.39 is 8.32 Å². The maximum Gasteiger partial charge on any atom is 0.191 e. The van der Waals surface area contributed by atoms with Crippen molar-refractivity contribution in [3.63, 3.8) is 0 Å². The Morgan fingerprint density at radius 1 is 1.20 bits per heavy atom. The van der Waals surface area contributed by atoms with Crippen LogP contribution in [-0.2, 0) is 4.43 Å². The van der Waals surface area contributed by atoms with Crippen LogP contribution in [0.5, 0.6) is 0 Å². The molecular weight excluding hydrogens is 260 g/mol. The van der Waals surface area contributed by atoms with Gasteiger partial charge in [0.15, 0.2) is 8.32 Å². The molecule has 0 aromatic heterocycles. The molecule has 0 unspecified atom stereocenters. The lowest BCUT2D eigenvalue weighted by Crippen LogP contribution is -2.41. The first-order valence-electron chi connectivity index (χ1n) is 7.91. The van der Waals surface area contributed by atoms with Gasteiger partial charge in [-0.05, 0) is 47.9 Å². The Hall–Kier alpha value is -0.603. The molecule has 1 aliphatic carbocycles. The van der Waals surface area contributed by atoms with Crippen LogP contribution in [0.4, 0.5) is 0 Å².